The van der Waals surface area contributed by atoms with Crippen molar-refractivity contribution in [3.8, 4) is 57.0 Å². The third-order valence-electron chi connectivity index (χ3n) is 11.0. The first-order valence-electron chi connectivity index (χ1n) is 22.5. The lowest BCUT2D eigenvalue weighted by atomic mass is 10.0. The Kier molecular flexibility index (Phi) is 14.5. The number of nitrogens with one attached hydrogen (secondary N) is 3. The molecule has 23 heteroatoms. The lowest BCUT2D eigenvalue weighted by Crippen LogP contribution is -2.12. The van der Waals surface area contributed by atoms with Gasteiger partial charge in [-0.1, -0.05) is 38.1 Å². The number of aryl methyl sites for hydroxylation is 1. The lowest BCUT2D eigenvalue weighted by molar-refractivity contribution is -0.0501. The van der Waals surface area contributed by atoms with Gasteiger partial charge in [0.05, 0.1) is 41.2 Å². The number of carbonyl (C=O) groups is 2. The van der Waals surface area contributed by atoms with Gasteiger partial charge in [0.1, 0.15) is 51.3 Å². The van der Waals surface area contributed by atoms with Crippen molar-refractivity contribution < 1.29 is 46.1 Å². The minimum atomic E-state index is -3.07. The quantitative estimate of drug-likeness (QED) is 0.0662. The Bertz CT molecular complexity index is 3610. The van der Waals surface area contributed by atoms with Gasteiger partial charge in [0.15, 0.2) is 11.3 Å². The van der Waals surface area contributed by atoms with Gasteiger partial charge < -0.3 is 35.3 Å². The van der Waals surface area contributed by atoms with Crippen LogP contribution >= 0.6 is 0 Å². The first kappa shape index (κ1) is 49.3. The molecule has 2 amide bonds. The minimum Gasteiger partial charge on any atom is -0.457 e. The lowest BCUT2D eigenvalue weighted by Gasteiger charge is -2.14. The zero-order valence-electron chi connectivity index (χ0n) is 39.4. The van der Waals surface area contributed by atoms with E-state index in [1.165, 1.54) is 62.6 Å². The Balaban J connectivity index is 0.000000182. The van der Waals surface area contributed by atoms with Crippen LogP contribution in [0.5, 0.6) is 34.5 Å². The summed E-state index contributed by atoms with van der Waals surface area (Å²) in [7, 11) is 1.64. The van der Waals surface area contributed by atoms with Crippen LogP contribution in [0.1, 0.15) is 51.6 Å². The van der Waals surface area contributed by atoms with E-state index in [0.717, 1.165) is 11.1 Å². The molecule has 0 fully saturated rings. The summed E-state index contributed by atoms with van der Waals surface area (Å²) < 4.78 is 78.6. The fourth-order valence-electron chi connectivity index (χ4n) is 7.59. The summed E-state index contributed by atoms with van der Waals surface area (Å²) in [6.07, 6.45) is 12.1. The molecule has 4 aromatic carbocycles. The van der Waals surface area contributed by atoms with Crippen LogP contribution in [0.4, 0.5) is 28.9 Å². The van der Waals surface area contributed by atoms with E-state index < -0.39 is 25.0 Å². The summed E-state index contributed by atoms with van der Waals surface area (Å²) >= 11 is 0. The van der Waals surface area contributed by atoms with Crippen LogP contribution in [0.3, 0.4) is 0 Å². The largest absolute Gasteiger partial charge is 0.457 e. The third-order valence-corrected chi connectivity index (χ3v) is 11.0. The third kappa shape index (κ3) is 11.3. The highest BCUT2D eigenvalue weighted by Gasteiger charge is 2.24. The molecule has 19 nitrogen and oxygen atoms in total. The number of amides is 2. The second-order valence-electron chi connectivity index (χ2n) is 16.4. The van der Waals surface area contributed by atoms with Crippen molar-refractivity contribution in [3.63, 3.8) is 0 Å². The van der Waals surface area contributed by atoms with Crippen LogP contribution < -0.4 is 35.3 Å². The van der Waals surface area contributed by atoms with Crippen LogP contribution in [-0.2, 0) is 13.6 Å². The molecule has 0 aliphatic rings. The highest BCUT2D eigenvalue weighted by Crippen LogP contribution is 2.40. The zero-order valence-corrected chi connectivity index (χ0v) is 39.4. The van der Waals surface area contributed by atoms with Crippen LogP contribution in [0, 0.1) is 0 Å². The molecule has 10 rings (SSSR count). The number of benzene rings is 4. The van der Waals surface area contributed by atoms with Crippen molar-refractivity contribution in [2.75, 3.05) is 10.6 Å². The smallest absolute Gasteiger partial charge is 0.387 e. The maximum atomic E-state index is 13.2. The fourth-order valence-corrected chi connectivity index (χ4v) is 7.59. The molecule has 376 valence electrons. The number of carbonyl (C=O) groups excluding carboxylic acids is 2. The second kappa shape index (κ2) is 21.8. The summed E-state index contributed by atoms with van der Waals surface area (Å²) in [4.78, 5) is 34.5. The van der Waals surface area contributed by atoms with Gasteiger partial charge in [0.2, 0.25) is 0 Å². The predicted molar refractivity (Wildman–Crippen MR) is 263 cm³/mol. The van der Waals surface area contributed by atoms with E-state index >= 15 is 0 Å². The maximum Gasteiger partial charge on any atom is 0.387 e. The summed E-state index contributed by atoms with van der Waals surface area (Å²) in [5, 5.41) is 24.9. The minimum absolute atomic E-state index is 0.115. The number of aromatic nitrogens is 10. The van der Waals surface area contributed by atoms with Gasteiger partial charge in [-0.2, -0.15) is 38.0 Å². The number of nitrogens with two attached hydrogens (primary N) is 1. The average molecular weight is 1010 g/mol. The average Bonchev–Trinajstić information content (AvgIpc) is 4.21. The van der Waals surface area contributed by atoms with Crippen molar-refractivity contribution >= 4 is 34.5 Å². The molecule has 0 aliphatic carbocycles. The second-order valence-corrected chi connectivity index (χ2v) is 16.4. The molecule has 6 aromatic heterocycles. The molecule has 0 spiro atoms. The molecule has 0 atom stereocenters. The van der Waals surface area contributed by atoms with Crippen molar-refractivity contribution in [1.82, 2.24) is 49.2 Å². The van der Waals surface area contributed by atoms with Crippen molar-refractivity contribution in [2.24, 2.45) is 12.8 Å². The van der Waals surface area contributed by atoms with E-state index in [2.05, 4.69) is 59.9 Å². The Hall–Kier alpha value is -9.64. The number of H-pyrrole nitrogens is 1. The number of aromatic amines is 1. The number of nitrogens with zero attached hydrogens (tertiary/aromatic N) is 9. The van der Waals surface area contributed by atoms with Crippen LogP contribution in [0.2, 0.25) is 0 Å². The van der Waals surface area contributed by atoms with Gasteiger partial charge in [-0.25, -0.2) is 19.0 Å². The SMILES string of the molecule is CC(C)c1cccc(Oc2ccc(OC(F)F)c(-c3[nH]ncc3NC(=O)c3cnn4cccnc34)c2)c1.Cn1cc(NC(=O)c2cnn3cccnc23)c(-c2cc(Oc3cccc(CN)c3)ccc2OC(F)F)n1. The van der Waals surface area contributed by atoms with E-state index in [-0.39, 0.29) is 56.5 Å². The summed E-state index contributed by atoms with van der Waals surface area (Å²) in [5.74, 6) is 0.915. The van der Waals surface area contributed by atoms with E-state index in [9.17, 15) is 27.2 Å². The van der Waals surface area contributed by atoms with Crippen molar-refractivity contribution in [2.45, 2.75) is 39.5 Å². The molecule has 6 heterocycles. The van der Waals surface area contributed by atoms with Crippen LogP contribution in [0.15, 0.2) is 147 Å². The van der Waals surface area contributed by atoms with Crippen molar-refractivity contribution in [3.05, 3.63) is 169 Å². The first-order chi connectivity index (χ1) is 35.8. The monoisotopic (exact) mass is 1010 g/mol. The molecule has 0 unspecified atom stereocenters. The van der Waals surface area contributed by atoms with Gasteiger partial charge >= 0.3 is 13.2 Å². The number of rotatable bonds is 16. The molecular weight excluding hydrogens is 967 g/mol. The van der Waals surface area contributed by atoms with E-state index in [4.69, 9.17) is 24.7 Å². The van der Waals surface area contributed by atoms with Crippen LogP contribution in [0.25, 0.3) is 33.8 Å². The van der Waals surface area contributed by atoms with E-state index in [1.807, 2.05) is 24.3 Å². The Labute approximate surface area is 417 Å². The molecule has 5 N–H and O–H groups in total. The first-order valence-corrected chi connectivity index (χ1v) is 22.5. The van der Waals surface area contributed by atoms with Gasteiger partial charge in [-0.15, -0.1) is 0 Å². The van der Waals surface area contributed by atoms with Crippen molar-refractivity contribution in [1.29, 1.82) is 0 Å². The van der Waals surface area contributed by atoms with E-state index in [1.54, 1.807) is 80.5 Å². The number of alkyl halides is 4. The molecular formula is C51H43F4N13O6. The normalized spacial score (nSPS) is 11.2. The zero-order chi connectivity index (χ0) is 51.9. The number of hydrogen-bond donors (Lipinski definition) is 4. The van der Waals surface area contributed by atoms with Gasteiger partial charge in [-0.3, -0.25) is 19.4 Å². The standard InChI is InChI=1S/C26H22F2N6O3.C25H21F2N7O3/c1-15(2)16-5-3-6-17(11-16)36-18-7-8-22(37-26(27)28)19(12-18)23-21(14-30-33-23)32-25(35)20-13-31-34-10-4-9-29-24(20)34;1-33-14-20(31-24(35)19-13-30-34-9-3-8-29-23(19)34)22(32-33)18-11-17(6-7-21(18)37-25(26)27)36-16-5-2-4-15(10-16)12-28/h3-15,26H,1-2H3,(H,30,33)(H,32,35);2-11,13-14,25H,12,28H2,1H3,(H,31,35). The molecule has 0 bridgehead atoms. The molecule has 0 aliphatic heterocycles. The Morgan fingerprint density at radius 3 is 1.82 bits per heavy atom. The number of fused-ring (bicyclic) bond motifs is 2. The van der Waals surface area contributed by atoms with Gasteiger partial charge in [-0.05, 0) is 89.8 Å². The number of hydrogen-bond acceptors (Lipinski definition) is 13. The topological polar surface area (TPSA) is 228 Å². The fraction of sp³-hybridized carbons (Fsp3) is 0.137. The number of ether oxygens (including phenoxy) is 4. The predicted octanol–water partition coefficient (Wildman–Crippen LogP) is 10.1. The van der Waals surface area contributed by atoms with Gasteiger partial charge in [0, 0.05) is 50.1 Å². The van der Waals surface area contributed by atoms with Gasteiger partial charge in [0.25, 0.3) is 11.8 Å². The molecule has 0 saturated heterocycles. The highest BCUT2D eigenvalue weighted by molar-refractivity contribution is 6.10. The summed E-state index contributed by atoms with van der Waals surface area (Å²) in [5.41, 5.74) is 10.3. The Morgan fingerprint density at radius 2 is 1.23 bits per heavy atom. The van der Waals surface area contributed by atoms with E-state index in [0.29, 0.717) is 46.8 Å². The van der Waals surface area contributed by atoms with Crippen LogP contribution in [-0.4, -0.2) is 74.2 Å². The number of anilines is 2. The molecule has 0 radical (unpaired) electrons. The molecule has 0 saturated carbocycles. The maximum absolute atomic E-state index is 13.2. The Morgan fingerprint density at radius 1 is 0.676 bits per heavy atom. The molecule has 10 aromatic rings. The summed E-state index contributed by atoms with van der Waals surface area (Å²) in [6.45, 7) is -1.64. The summed E-state index contributed by atoms with van der Waals surface area (Å²) in [6, 6.07) is 27.0. The molecule has 74 heavy (non-hydrogen) atoms. The number of halogens is 4. The highest BCUT2D eigenvalue weighted by atomic mass is 19.3.